The van der Waals surface area contributed by atoms with Crippen molar-refractivity contribution in [1.29, 1.82) is 0 Å². The monoisotopic (exact) mass is 325 g/mol. The highest BCUT2D eigenvalue weighted by Crippen LogP contribution is 2.29. The Morgan fingerprint density at radius 2 is 2.19 bits per heavy atom. The quantitative estimate of drug-likeness (QED) is 0.808. The summed E-state index contributed by atoms with van der Waals surface area (Å²) in [7, 11) is 1.67. The van der Waals surface area contributed by atoms with Crippen molar-refractivity contribution in [2.75, 3.05) is 17.9 Å². The second-order valence-electron chi connectivity index (χ2n) is 4.20. The highest BCUT2D eigenvalue weighted by atomic mass is 35.5. The van der Waals surface area contributed by atoms with Gasteiger partial charge in [0.25, 0.3) is 5.88 Å². The van der Waals surface area contributed by atoms with Crippen LogP contribution in [-0.2, 0) is 4.79 Å². The van der Waals surface area contributed by atoms with Crippen LogP contribution in [0.15, 0.2) is 23.3 Å². The van der Waals surface area contributed by atoms with Gasteiger partial charge in [-0.3, -0.25) is 10.1 Å². The molecule has 21 heavy (non-hydrogen) atoms. The van der Waals surface area contributed by atoms with E-state index in [1.165, 1.54) is 5.01 Å². The lowest BCUT2D eigenvalue weighted by Crippen LogP contribution is -2.39. The number of amides is 1. The summed E-state index contributed by atoms with van der Waals surface area (Å²) in [5.74, 6) is 0.0442. The zero-order chi connectivity index (χ0) is 15.0. The molecule has 3 rings (SSSR count). The minimum Gasteiger partial charge on any atom is -0.401 e. The summed E-state index contributed by atoms with van der Waals surface area (Å²) in [6.07, 6.45) is 0. The van der Waals surface area contributed by atoms with E-state index in [9.17, 15) is 4.79 Å². The van der Waals surface area contributed by atoms with Crippen molar-refractivity contribution < 1.29 is 9.53 Å². The van der Waals surface area contributed by atoms with E-state index in [1.54, 1.807) is 25.2 Å². The molecule has 7 nitrogen and oxygen atoms in total. The van der Waals surface area contributed by atoms with Gasteiger partial charge in [-0.25, -0.2) is 15.0 Å². The lowest BCUT2D eigenvalue weighted by atomic mass is 10.3. The van der Waals surface area contributed by atoms with Crippen LogP contribution in [0.25, 0.3) is 11.0 Å². The number of nitrogens with one attached hydrogen (secondary N) is 1. The van der Waals surface area contributed by atoms with Gasteiger partial charge in [0.1, 0.15) is 5.88 Å². The van der Waals surface area contributed by atoms with Crippen molar-refractivity contribution in [3.05, 3.63) is 23.2 Å². The average molecular weight is 326 g/mol. The maximum Gasteiger partial charge on any atom is 0.320 e. The molecule has 0 saturated carbocycles. The Hall–Kier alpha value is -2.12. The molecular formula is C12H9Cl2N5O2. The molecule has 1 aliphatic heterocycles. The fourth-order valence-corrected chi connectivity index (χ4v) is 2.01. The molecule has 9 heteroatoms. The van der Waals surface area contributed by atoms with Gasteiger partial charge in [0.05, 0.1) is 11.0 Å². The molecule has 1 aromatic heterocycles. The number of aromatic nitrogens is 2. The van der Waals surface area contributed by atoms with Crippen molar-refractivity contribution >= 4 is 52.0 Å². The van der Waals surface area contributed by atoms with E-state index in [0.717, 1.165) is 0 Å². The van der Waals surface area contributed by atoms with Gasteiger partial charge in [0.15, 0.2) is 0 Å². The molecular weight excluding hydrogens is 317 g/mol. The first-order valence-corrected chi connectivity index (χ1v) is 6.81. The van der Waals surface area contributed by atoms with E-state index in [4.69, 9.17) is 27.9 Å². The Balaban J connectivity index is 2.00. The van der Waals surface area contributed by atoms with Gasteiger partial charge in [-0.2, -0.15) is 0 Å². The number of fused-ring (bicyclic) bond motifs is 2. The summed E-state index contributed by atoms with van der Waals surface area (Å²) < 4.78 is 5.42. The normalized spacial score (nSPS) is 13.5. The summed E-state index contributed by atoms with van der Waals surface area (Å²) in [6, 6.07) is 5.15. The molecule has 0 spiro atoms. The van der Waals surface area contributed by atoms with Gasteiger partial charge >= 0.3 is 6.02 Å². The van der Waals surface area contributed by atoms with Crippen LogP contribution in [0, 0.1) is 0 Å². The van der Waals surface area contributed by atoms with Crippen molar-refractivity contribution in [1.82, 2.24) is 15.3 Å². The standard InChI is InChI=1S/C12H9Cl2N5O2/c1-19-10-11(21-12(18-19)17-9(20)5-13)16-8-4-6(14)2-3-7(8)15-10/h2-4H,5H2,1H3,(H,17,18,20). The molecule has 0 atom stereocenters. The van der Waals surface area contributed by atoms with Gasteiger partial charge in [-0.1, -0.05) is 11.6 Å². The first-order chi connectivity index (χ1) is 10.1. The minimum absolute atomic E-state index is 0.00803. The summed E-state index contributed by atoms with van der Waals surface area (Å²) >= 11 is 11.4. The smallest absolute Gasteiger partial charge is 0.320 e. The maximum atomic E-state index is 11.3. The third kappa shape index (κ3) is 2.70. The Morgan fingerprint density at radius 1 is 1.38 bits per heavy atom. The fourth-order valence-electron chi connectivity index (χ4n) is 1.78. The number of benzene rings is 1. The number of hydrazone groups is 1. The Morgan fingerprint density at radius 3 is 2.95 bits per heavy atom. The molecule has 2 aromatic rings. The molecule has 2 heterocycles. The predicted molar refractivity (Wildman–Crippen MR) is 79.9 cm³/mol. The second kappa shape index (κ2) is 5.34. The van der Waals surface area contributed by atoms with Crippen molar-refractivity contribution in [3.8, 4) is 5.88 Å². The number of nitrogens with zero attached hydrogens (tertiary/aromatic N) is 4. The molecule has 0 aliphatic carbocycles. The molecule has 0 saturated heterocycles. The third-order valence-corrected chi connectivity index (χ3v) is 3.16. The zero-order valence-electron chi connectivity index (χ0n) is 10.8. The van der Waals surface area contributed by atoms with Gasteiger partial charge in [0.2, 0.25) is 11.7 Å². The van der Waals surface area contributed by atoms with Crippen LogP contribution < -0.4 is 15.1 Å². The average Bonchev–Trinajstić information content (AvgIpc) is 2.45. The van der Waals surface area contributed by atoms with Crippen LogP contribution in [-0.4, -0.2) is 34.8 Å². The Bertz CT molecular complexity index is 765. The SMILES string of the molecule is CN1N=C(NC(=O)CCl)Oc2nc3cc(Cl)ccc3nc21. The van der Waals surface area contributed by atoms with Crippen LogP contribution in [0.1, 0.15) is 0 Å². The summed E-state index contributed by atoms with van der Waals surface area (Å²) in [4.78, 5) is 20.0. The number of hydrogen-bond acceptors (Lipinski definition) is 6. The second-order valence-corrected chi connectivity index (χ2v) is 4.90. The van der Waals surface area contributed by atoms with Crippen molar-refractivity contribution in [3.63, 3.8) is 0 Å². The summed E-state index contributed by atoms with van der Waals surface area (Å²) in [5.41, 5.74) is 1.25. The van der Waals surface area contributed by atoms with Gasteiger partial charge in [-0.15, -0.1) is 16.7 Å². The number of anilines is 1. The Labute approximate surface area is 129 Å². The van der Waals surface area contributed by atoms with Gasteiger partial charge in [0, 0.05) is 12.1 Å². The molecule has 0 bridgehead atoms. The largest absolute Gasteiger partial charge is 0.401 e. The number of ether oxygens (including phenoxy) is 1. The lowest BCUT2D eigenvalue weighted by molar-refractivity contribution is -0.117. The summed E-state index contributed by atoms with van der Waals surface area (Å²) in [6.45, 7) is 0. The topological polar surface area (TPSA) is 79.7 Å². The molecule has 1 aromatic carbocycles. The van der Waals surface area contributed by atoms with Crippen molar-refractivity contribution in [2.45, 2.75) is 0 Å². The number of carbonyl (C=O) groups excluding carboxylic acids is 1. The lowest BCUT2D eigenvalue weighted by Gasteiger charge is -2.22. The molecule has 0 unspecified atom stereocenters. The van der Waals surface area contributed by atoms with Crippen LogP contribution in [0.3, 0.4) is 0 Å². The van der Waals surface area contributed by atoms with E-state index < -0.39 is 5.91 Å². The third-order valence-electron chi connectivity index (χ3n) is 2.69. The number of carbonyl (C=O) groups is 1. The molecule has 0 radical (unpaired) electrons. The number of alkyl halides is 1. The van der Waals surface area contributed by atoms with Gasteiger partial charge < -0.3 is 4.74 Å². The number of rotatable bonds is 1. The maximum absolute atomic E-state index is 11.3. The summed E-state index contributed by atoms with van der Waals surface area (Å²) in [5, 5.41) is 8.47. The van der Waals surface area contributed by atoms with Crippen LogP contribution in [0.4, 0.5) is 5.82 Å². The number of amidine groups is 1. The molecule has 0 fully saturated rings. The number of halogens is 2. The highest BCUT2D eigenvalue weighted by Gasteiger charge is 2.23. The highest BCUT2D eigenvalue weighted by molar-refractivity contribution is 6.31. The zero-order valence-corrected chi connectivity index (χ0v) is 12.3. The fraction of sp³-hybridized carbons (Fsp3) is 0.167. The van der Waals surface area contributed by atoms with Crippen LogP contribution >= 0.6 is 23.2 Å². The molecule has 1 amide bonds. The van der Waals surface area contributed by atoms with Crippen LogP contribution in [0.5, 0.6) is 5.88 Å². The van der Waals surface area contributed by atoms with Crippen molar-refractivity contribution in [2.24, 2.45) is 5.10 Å². The van der Waals surface area contributed by atoms with Gasteiger partial charge in [-0.05, 0) is 18.2 Å². The number of hydrogen-bond donors (Lipinski definition) is 1. The van der Waals surface area contributed by atoms with E-state index in [0.29, 0.717) is 21.9 Å². The Kier molecular flexibility index (Phi) is 3.52. The minimum atomic E-state index is -0.427. The van der Waals surface area contributed by atoms with E-state index in [-0.39, 0.29) is 17.8 Å². The van der Waals surface area contributed by atoms with E-state index in [1.807, 2.05) is 0 Å². The van der Waals surface area contributed by atoms with E-state index >= 15 is 0 Å². The first-order valence-electron chi connectivity index (χ1n) is 5.90. The van der Waals surface area contributed by atoms with E-state index in [2.05, 4.69) is 20.4 Å². The molecule has 1 aliphatic rings. The first kappa shape index (κ1) is 13.8. The molecule has 1 N–H and O–H groups in total. The van der Waals surface area contributed by atoms with Crippen LogP contribution in [0.2, 0.25) is 5.02 Å². The molecule has 108 valence electrons. The predicted octanol–water partition coefficient (Wildman–Crippen LogP) is 1.74.